The van der Waals surface area contributed by atoms with Crippen molar-refractivity contribution in [2.24, 2.45) is 0 Å². The molecule has 1 aromatic heterocycles. The molecular weight excluding hydrogens is 388 g/mol. The number of hydrogen-bond acceptors (Lipinski definition) is 6. The fourth-order valence-electron chi connectivity index (χ4n) is 3.26. The van der Waals surface area contributed by atoms with Crippen molar-refractivity contribution >= 4 is 15.7 Å². The summed E-state index contributed by atoms with van der Waals surface area (Å²) >= 11 is 0. The molecule has 1 N–H and O–H groups in total. The average molecular weight is 413 g/mol. The Hall–Kier alpha value is -2.64. The van der Waals surface area contributed by atoms with Gasteiger partial charge in [-0.05, 0) is 51.0 Å². The monoisotopic (exact) mass is 412 g/mol. The zero-order valence-electron chi connectivity index (χ0n) is 16.5. The van der Waals surface area contributed by atoms with Crippen LogP contribution in [0.1, 0.15) is 24.0 Å². The third-order valence-electron chi connectivity index (χ3n) is 4.99. The van der Waals surface area contributed by atoms with Crippen LogP contribution in [0.5, 0.6) is 0 Å². The third kappa shape index (κ3) is 4.21. The van der Waals surface area contributed by atoms with E-state index in [4.69, 9.17) is 9.15 Å². The molecule has 152 valence electrons. The van der Waals surface area contributed by atoms with Crippen LogP contribution < -0.4 is 5.32 Å². The van der Waals surface area contributed by atoms with Gasteiger partial charge in [-0.3, -0.25) is 0 Å². The standard InChI is InChI=1S/C22H24N2O4S/c1-15-5-9-17(10-6-15)20-24-22(21(28-20)23-14-18-4-3-13-27-18)29(25,26)19-11-7-16(2)8-12-19/h5-12,18,23H,3-4,13-14H2,1-2H3/t18-/m0/s1. The molecule has 0 amide bonds. The Bertz CT molecular complexity index is 1080. The van der Waals surface area contributed by atoms with Crippen molar-refractivity contribution < 1.29 is 17.6 Å². The molecule has 1 aliphatic heterocycles. The van der Waals surface area contributed by atoms with Crippen LogP contribution in [-0.2, 0) is 14.6 Å². The molecule has 1 fully saturated rings. The van der Waals surface area contributed by atoms with Crippen molar-refractivity contribution in [2.45, 2.75) is 42.7 Å². The second kappa shape index (κ2) is 8.00. The van der Waals surface area contributed by atoms with Gasteiger partial charge in [0.2, 0.25) is 26.6 Å². The molecule has 0 radical (unpaired) electrons. The number of oxazole rings is 1. The van der Waals surface area contributed by atoms with Crippen LogP contribution >= 0.6 is 0 Å². The molecule has 1 saturated heterocycles. The Kier molecular flexibility index (Phi) is 5.43. The Morgan fingerprint density at radius 2 is 1.69 bits per heavy atom. The van der Waals surface area contributed by atoms with Crippen LogP contribution in [0, 0.1) is 13.8 Å². The van der Waals surface area contributed by atoms with Crippen molar-refractivity contribution in [2.75, 3.05) is 18.5 Å². The SMILES string of the molecule is Cc1ccc(-c2nc(S(=O)(=O)c3ccc(C)cc3)c(NC[C@@H]3CCCO3)o2)cc1. The van der Waals surface area contributed by atoms with Crippen molar-refractivity contribution in [3.8, 4) is 11.5 Å². The van der Waals surface area contributed by atoms with Crippen LogP contribution in [0.3, 0.4) is 0 Å². The first-order valence-electron chi connectivity index (χ1n) is 9.68. The second-order valence-corrected chi connectivity index (χ2v) is 9.22. The lowest BCUT2D eigenvalue weighted by atomic mass is 10.1. The fraction of sp³-hybridized carbons (Fsp3) is 0.318. The summed E-state index contributed by atoms with van der Waals surface area (Å²) < 4.78 is 38.0. The molecule has 2 aromatic carbocycles. The highest BCUT2D eigenvalue weighted by Gasteiger charge is 2.29. The van der Waals surface area contributed by atoms with Gasteiger partial charge in [-0.25, -0.2) is 8.42 Å². The maximum absolute atomic E-state index is 13.3. The summed E-state index contributed by atoms with van der Waals surface area (Å²) in [5.41, 5.74) is 2.81. The third-order valence-corrected chi connectivity index (χ3v) is 6.67. The molecule has 2 heterocycles. The van der Waals surface area contributed by atoms with E-state index in [2.05, 4.69) is 10.3 Å². The van der Waals surface area contributed by atoms with Gasteiger partial charge in [-0.2, -0.15) is 4.98 Å². The van der Waals surface area contributed by atoms with Crippen LogP contribution in [0.2, 0.25) is 0 Å². The highest BCUT2D eigenvalue weighted by molar-refractivity contribution is 7.91. The number of sulfone groups is 1. The van der Waals surface area contributed by atoms with Crippen molar-refractivity contribution in [3.05, 3.63) is 59.7 Å². The zero-order valence-corrected chi connectivity index (χ0v) is 17.3. The number of aryl methyl sites for hydroxylation is 2. The summed E-state index contributed by atoms with van der Waals surface area (Å²) in [5, 5.41) is 3.01. The van der Waals surface area contributed by atoms with Gasteiger partial charge in [0.1, 0.15) is 0 Å². The molecule has 1 aliphatic rings. The molecule has 3 aromatic rings. The lowest BCUT2D eigenvalue weighted by molar-refractivity contribution is 0.120. The highest BCUT2D eigenvalue weighted by Crippen LogP contribution is 2.33. The van der Waals surface area contributed by atoms with Gasteiger partial charge in [0, 0.05) is 18.7 Å². The van der Waals surface area contributed by atoms with Crippen molar-refractivity contribution in [1.29, 1.82) is 0 Å². The summed E-state index contributed by atoms with van der Waals surface area (Å²) in [7, 11) is -3.84. The maximum Gasteiger partial charge on any atom is 0.233 e. The van der Waals surface area contributed by atoms with Gasteiger partial charge in [-0.1, -0.05) is 35.4 Å². The van der Waals surface area contributed by atoms with Crippen molar-refractivity contribution in [1.82, 2.24) is 4.98 Å². The number of anilines is 1. The van der Waals surface area contributed by atoms with Gasteiger partial charge in [0.05, 0.1) is 11.0 Å². The lowest BCUT2D eigenvalue weighted by Gasteiger charge is -2.10. The molecule has 0 saturated carbocycles. The van der Waals surface area contributed by atoms with E-state index >= 15 is 0 Å². The Balaban J connectivity index is 1.73. The highest BCUT2D eigenvalue weighted by atomic mass is 32.2. The molecule has 1 atom stereocenters. The zero-order chi connectivity index (χ0) is 20.4. The smallest absolute Gasteiger partial charge is 0.233 e. The van der Waals surface area contributed by atoms with E-state index in [1.54, 1.807) is 24.3 Å². The van der Waals surface area contributed by atoms with Crippen LogP contribution in [-0.4, -0.2) is 32.7 Å². The summed E-state index contributed by atoms with van der Waals surface area (Å²) in [4.78, 5) is 4.55. The second-order valence-electron chi connectivity index (χ2n) is 7.35. The minimum atomic E-state index is -3.84. The van der Waals surface area contributed by atoms with Crippen molar-refractivity contribution in [3.63, 3.8) is 0 Å². The van der Waals surface area contributed by atoms with Gasteiger partial charge >= 0.3 is 0 Å². The molecule has 0 bridgehead atoms. The molecule has 29 heavy (non-hydrogen) atoms. The summed E-state index contributed by atoms with van der Waals surface area (Å²) in [6.45, 7) is 5.10. The molecule has 7 heteroatoms. The predicted octanol–water partition coefficient (Wildman–Crippen LogP) is 4.38. The van der Waals surface area contributed by atoms with Gasteiger partial charge in [-0.15, -0.1) is 0 Å². The van der Waals surface area contributed by atoms with Crippen LogP contribution in [0.4, 0.5) is 5.88 Å². The molecule has 4 rings (SSSR count). The normalized spacial score (nSPS) is 16.8. The molecule has 0 aliphatic carbocycles. The quantitative estimate of drug-likeness (QED) is 0.647. The van der Waals surface area contributed by atoms with Gasteiger partial charge < -0.3 is 14.5 Å². The van der Waals surface area contributed by atoms with Crippen LogP contribution in [0.25, 0.3) is 11.5 Å². The van der Waals surface area contributed by atoms with E-state index in [1.807, 2.05) is 38.1 Å². The number of aromatic nitrogens is 1. The first-order valence-corrected chi connectivity index (χ1v) is 11.2. The summed E-state index contributed by atoms with van der Waals surface area (Å²) in [5.74, 6) is 0.419. The number of nitrogens with one attached hydrogen (secondary N) is 1. The minimum absolute atomic E-state index is 0.0397. The van der Waals surface area contributed by atoms with E-state index in [1.165, 1.54) is 0 Å². The van der Waals surface area contributed by atoms with E-state index in [9.17, 15) is 8.42 Å². The number of rotatable bonds is 6. The van der Waals surface area contributed by atoms with E-state index in [-0.39, 0.29) is 27.8 Å². The number of hydrogen-bond donors (Lipinski definition) is 1. The van der Waals surface area contributed by atoms with Crippen LogP contribution in [0.15, 0.2) is 62.9 Å². The topological polar surface area (TPSA) is 81.4 Å². The summed E-state index contributed by atoms with van der Waals surface area (Å²) in [6.07, 6.45) is 1.98. The maximum atomic E-state index is 13.3. The summed E-state index contributed by atoms with van der Waals surface area (Å²) in [6, 6.07) is 14.3. The molecule has 0 unspecified atom stereocenters. The predicted molar refractivity (Wildman–Crippen MR) is 111 cm³/mol. The van der Waals surface area contributed by atoms with E-state index in [0.717, 1.165) is 36.1 Å². The lowest BCUT2D eigenvalue weighted by Crippen LogP contribution is -2.19. The average Bonchev–Trinajstić information content (AvgIpc) is 3.37. The van der Waals surface area contributed by atoms with Gasteiger partial charge in [0.25, 0.3) is 0 Å². The first-order chi connectivity index (χ1) is 13.9. The van der Waals surface area contributed by atoms with E-state index < -0.39 is 9.84 Å². The number of ether oxygens (including phenoxy) is 1. The first kappa shape index (κ1) is 19.7. The Labute approximate surface area is 170 Å². The Morgan fingerprint density at radius 3 is 2.31 bits per heavy atom. The fourth-order valence-corrected chi connectivity index (χ4v) is 4.54. The Morgan fingerprint density at radius 1 is 1.03 bits per heavy atom. The molecule has 0 spiro atoms. The van der Waals surface area contributed by atoms with Gasteiger partial charge in [0.15, 0.2) is 0 Å². The molecule has 6 nitrogen and oxygen atoms in total. The minimum Gasteiger partial charge on any atom is -0.419 e. The number of nitrogens with zero attached hydrogens (tertiary/aromatic N) is 1. The van der Waals surface area contributed by atoms with E-state index in [0.29, 0.717) is 6.54 Å². The largest absolute Gasteiger partial charge is 0.419 e. The molecular formula is C22H24N2O4S. The number of benzene rings is 2.